The molecule has 34 heavy (non-hydrogen) atoms. The maximum Gasteiger partial charge on any atom is 0.254 e. The third-order valence-electron chi connectivity index (χ3n) is 5.61. The van der Waals surface area contributed by atoms with Crippen molar-refractivity contribution >= 4 is 43.4 Å². The number of sulfonamides is 1. The molecule has 0 radical (unpaired) electrons. The molecule has 4 rings (SSSR count). The molecule has 3 aromatic carbocycles. The second kappa shape index (κ2) is 8.27. The van der Waals surface area contributed by atoms with E-state index in [1.807, 2.05) is 0 Å². The smallest absolute Gasteiger partial charge is 0.254 e. The first-order valence-electron chi connectivity index (χ1n) is 10.4. The van der Waals surface area contributed by atoms with E-state index < -0.39 is 27.3 Å². The molecule has 7 nitrogen and oxygen atoms in total. The topological polar surface area (TPSA) is 125 Å². The zero-order valence-corrected chi connectivity index (χ0v) is 19.5. The summed E-state index contributed by atoms with van der Waals surface area (Å²) in [6.45, 7) is 6.60. The Balaban J connectivity index is 2.03. The molecule has 0 spiro atoms. The molecule has 176 valence electrons. The van der Waals surface area contributed by atoms with Gasteiger partial charge in [-0.3, -0.25) is 9.52 Å². The molecule has 1 amide bonds. The molecule has 0 aliphatic carbocycles. The normalized spacial score (nSPS) is 12.2. The van der Waals surface area contributed by atoms with Gasteiger partial charge in [-0.25, -0.2) is 12.8 Å². The van der Waals surface area contributed by atoms with Crippen molar-refractivity contribution in [2.24, 2.45) is 5.73 Å². The fourth-order valence-electron chi connectivity index (χ4n) is 4.05. The first-order chi connectivity index (χ1) is 15.9. The molecular weight excluding hydrogens is 457 g/mol. The van der Waals surface area contributed by atoms with Crippen molar-refractivity contribution in [3.05, 3.63) is 77.5 Å². The lowest BCUT2D eigenvalue weighted by Gasteiger charge is -2.17. The minimum atomic E-state index is -3.75. The lowest BCUT2D eigenvalue weighted by atomic mass is 9.93. The number of hydrogen-bond acceptors (Lipinski definition) is 4. The molecule has 0 saturated heterocycles. The predicted molar refractivity (Wildman–Crippen MR) is 132 cm³/mol. The Morgan fingerprint density at radius 1 is 1.24 bits per heavy atom. The summed E-state index contributed by atoms with van der Waals surface area (Å²) in [6, 6.07) is 12.9. The molecule has 0 aliphatic rings. The van der Waals surface area contributed by atoms with Gasteiger partial charge < -0.3 is 15.8 Å². The SMILES string of the molecule is C=CS(=O)(=O)Nc1cccc(-c2c(F)cc(CC(N)=O)c3[nH]c4cc(C(C)(C)O)ccc4c23)c1. The van der Waals surface area contributed by atoms with Crippen molar-refractivity contribution in [1.29, 1.82) is 0 Å². The first-order valence-corrected chi connectivity index (χ1v) is 12.0. The second-order valence-corrected chi connectivity index (χ2v) is 10.3. The quantitative estimate of drug-likeness (QED) is 0.315. The van der Waals surface area contributed by atoms with Crippen LogP contribution in [0, 0.1) is 5.82 Å². The average molecular weight is 482 g/mol. The van der Waals surface area contributed by atoms with Gasteiger partial charge in [0.2, 0.25) is 5.91 Å². The minimum Gasteiger partial charge on any atom is -0.386 e. The van der Waals surface area contributed by atoms with Crippen molar-refractivity contribution < 1.29 is 22.7 Å². The Hall–Kier alpha value is -3.69. The summed E-state index contributed by atoms with van der Waals surface area (Å²) in [4.78, 5) is 14.9. The summed E-state index contributed by atoms with van der Waals surface area (Å²) in [6.07, 6.45) is -0.169. The molecule has 1 heterocycles. The number of benzene rings is 3. The highest BCUT2D eigenvalue weighted by atomic mass is 32.2. The molecule has 0 atom stereocenters. The van der Waals surface area contributed by atoms with E-state index in [1.165, 1.54) is 12.1 Å². The number of H-pyrrole nitrogens is 1. The average Bonchev–Trinajstić information content (AvgIpc) is 3.12. The van der Waals surface area contributed by atoms with Gasteiger partial charge in [-0.2, -0.15) is 0 Å². The van der Waals surface area contributed by atoms with Gasteiger partial charge in [0.05, 0.1) is 17.5 Å². The van der Waals surface area contributed by atoms with Crippen LogP contribution in [0.1, 0.15) is 25.0 Å². The number of anilines is 1. The second-order valence-electron chi connectivity index (χ2n) is 8.62. The van der Waals surface area contributed by atoms with Crippen LogP contribution < -0.4 is 10.5 Å². The van der Waals surface area contributed by atoms with Crippen LogP contribution in [0.15, 0.2) is 60.5 Å². The van der Waals surface area contributed by atoms with Crippen LogP contribution in [0.3, 0.4) is 0 Å². The van der Waals surface area contributed by atoms with Crippen molar-refractivity contribution in [3.8, 4) is 11.1 Å². The predicted octanol–water partition coefficient (Wildman–Crippen LogP) is 4.27. The highest BCUT2D eigenvalue weighted by Crippen LogP contribution is 2.40. The highest BCUT2D eigenvalue weighted by molar-refractivity contribution is 7.95. The van der Waals surface area contributed by atoms with Crippen molar-refractivity contribution in [2.75, 3.05) is 4.72 Å². The van der Waals surface area contributed by atoms with E-state index in [1.54, 1.807) is 50.2 Å². The number of aromatic nitrogens is 1. The molecule has 0 unspecified atom stereocenters. The van der Waals surface area contributed by atoms with Gasteiger partial charge in [0.15, 0.2) is 0 Å². The zero-order valence-electron chi connectivity index (χ0n) is 18.6. The molecule has 0 bridgehead atoms. The van der Waals surface area contributed by atoms with Crippen molar-refractivity contribution in [1.82, 2.24) is 4.98 Å². The fourth-order valence-corrected chi connectivity index (χ4v) is 4.59. The zero-order chi connectivity index (χ0) is 24.8. The molecule has 0 fully saturated rings. The Bertz CT molecular complexity index is 1570. The number of fused-ring (bicyclic) bond motifs is 3. The maximum atomic E-state index is 15.6. The molecule has 9 heteroatoms. The van der Waals surface area contributed by atoms with Crippen LogP contribution in [-0.4, -0.2) is 24.4 Å². The van der Waals surface area contributed by atoms with Gasteiger partial charge >= 0.3 is 0 Å². The number of hydrogen-bond donors (Lipinski definition) is 4. The number of carbonyl (C=O) groups is 1. The summed E-state index contributed by atoms with van der Waals surface area (Å²) in [5.74, 6) is -1.19. The van der Waals surface area contributed by atoms with E-state index in [2.05, 4.69) is 16.3 Å². The van der Waals surface area contributed by atoms with Gasteiger partial charge in [0, 0.05) is 32.9 Å². The van der Waals surface area contributed by atoms with Gasteiger partial charge in [0.1, 0.15) is 5.82 Å². The number of aromatic amines is 1. The number of amides is 1. The molecule has 0 saturated carbocycles. The Labute approximate surface area is 196 Å². The number of carbonyl (C=O) groups excluding carboxylic acids is 1. The van der Waals surface area contributed by atoms with Gasteiger partial charge in [0.25, 0.3) is 10.0 Å². The van der Waals surface area contributed by atoms with E-state index in [0.717, 1.165) is 5.41 Å². The largest absolute Gasteiger partial charge is 0.386 e. The maximum absolute atomic E-state index is 15.6. The van der Waals surface area contributed by atoms with E-state index in [0.29, 0.717) is 38.5 Å². The number of aliphatic hydroxyl groups is 1. The van der Waals surface area contributed by atoms with Gasteiger partial charge in [-0.15, -0.1) is 0 Å². The van der Waals surface area contributed by atoms with Crippen LogP contribution in [0.2, 0.25) is 0 Å². The van der Waals surface area contributed by atoms with Crippen LogP contribution in [0.5, 0.6) is 0 Å². The third kappa shape index (κ3) is 4.40. The minimum absolute atomic E-state index is 0.169. The van der Waals surface area contributed by atoms with Crippen LogP contribution in [-0.2, 0) is 26.8 Å². The van der Waals surface area contributed by atoms with E-state index in [9.17, 15) is 18.3 Å². The van der Waals surface area contributed by atoms with Gasteiger partial charge in [-0.05, 0) is 54.8 Å². The van der Waals surface area contributed by atoms with E-state index in [-0.39, 0.29) is 17.7 Å². The van der Waals surface area contributed by atoms with Crippen LogP contribution >= 0.6 is 0 Å². The van der Waals surface area contributed by atoms with E-state index in [4.69, 9.17) is 5.73 Å². The Morgan fingerprint density at radius 3 is 2.62 bits per heavy atom. The number of nitrogens with one attached hydrogen (secondary N) is 2. The molecular formula is C25H24FN3O4S. The van der Waals surface area contributed by atoms with Crippen molar-refractivity contribution in [2.45, 2.75) is 25.9 Å². The highest BCUT2D eigenvalue weighted by Gasteiger charge is 2.22. The summed E-state index contributed by atoms with van der Waals surface area (Å²) in [7, 11) is -3.75. The number of halogens is 1. The lowest BCUT2D eigenvalue weighted by molar-refractivity contribution is -0.117. The number of primary amides is 1. The first kappa shape index (κ1) is 23.5. The molecule has 0 aliphatic heterocycles. The Morgan fingerprint density at radius 2 is 1.97 bits per heavy atom. The molecule has 1 aromatic heterocycles. The third-order valence-corrected chi connectivity index (χ3v) is 6.57. The summed E-state index contributed by atoms with van der Waals surface area (Å²) in [5, 5.41) is 12.4. The van der Waals surface area contributed by atoms with Crippen molar-refractivity contribution in [3.63, 3.8) is 0 Å². The van der Waals surface area contributed by atoms with Gasteiger partial charge in [-0.1, -0.05) is 30.8 Å². The number of rotatable bonds is 7. The lowest BCUT2D eigenvalue weighted by Crippen LogP contribution is -2.14. The monoisotopic (exact) mass is 481 g/mol. The molecule has 4 aromatic rings. The van der Waals surface area contributed by atoms with Crippen LogP contribution in [0.25, 0.3) is 32.9 Å². The van der Waals surface area contributed by atoms with Crippen LogP contribution in [0.4, 0.5) is 10.1 Å². The summed E-state index contributed by atoms with van der Waals surface area (Å²) >= 11 is 0. The van der Waals surface area contributed by atoms with E-state index >= 15 is 4.39 Å². The molecule has 5 N–H and O–H groups in total. The standard InChI is InChI=1S/C25H24FN3O4S/c1-4-34(32,33)29-17-7-5-6-14(10-17)22-19(26)11-15(12-21(27)30)24-23(22)18-9-8-16(25(2,3)31)13-20(18)28-24/h4-11,13,28-29,31H,1,12H2,2-3H3,(H2,27,30). The summed E-state index contributed by atoms with van der Waals surface area (Å²) < 4.78 is 41.8. The number of nitrogens with two attached hydrogens (primary N) is 1. The fraction of sp³-hybridized carbons (Fsp3) is 0.160. The summed E-state index contributed by atoms with van der Waals surface area (Å²) in [5.41, 5.74) is 7.47. The Kier molecular flexibility index (Phi) is 5.71.